The first-order chi connectivity index (χ1) is 18.2. The molecular formula is C30H36N4O4. The molecule has 1 amide bonds. The molecule has 3 heterocycles. The number of aryl methyl sites for hydroxylation is 1. The molecule has 6 aliphatic rings. The first-order valence-electron chi connectivity index (χ1n) is 14.4. The number of carbonyl (C=O) groups excluding carboxylic acids is 1. The van der Waals surface area contributed by atoms with Crippen LogP contribution in [0, 0.1) is 23.2 Å². The summed E-state index contributed by atoms with van der Waals surface area (Å²) >= 11 is 0. The molecule has 5 fully saturated rings. The van der Waals surface area contributed by atoms with Gasteiger partial charge in [-0.2, -0.15) is 0 Å². The van der Waals surface area contributed by atoms with Gasteiger partial charge in [-0.05, 0) is 97.9 Å². The van der Waals surface area contributed by atoms with E-state index in [1.165, 1.54) is 48.3 Å². The van der Waals surface area contributed by atoms with Crippen LogP contribution in [0.5, 0.6) is 5.75 Å². The van der Waals surface area contributed by atoms with Gasteiger partial charge in [0.15, 0.2) is 0 Å². The Bertz CT molecular complexity index is 1510. The molecule has 1 aromatic carbocycles. The summed E-state index contributed by atoms with van der Waals surface area (Å²) in [5.74, 6) is 1.68. The van der Waals surface area contributed by atoms with Gasteiger partial charge in [0.25, 0.3) is 11.5 Å². The van der Waals surface area contributed by atoms with Crippen LogP contribution in [0.15, 0.2) is 34.0 Å². The van der Waals surface area contributed by atoms with Crippen molar-refractivity contribution in [3.63, 3.8) is 0 Å². The van der Waals surface area contributed by atoms with Gasteiger partial charge in [-0.3, -0.25) is 19.1 Å². The number of fused-ring (bicyclic) bond motifs is 1. The third-order valence-corrected chi connectivity index (χ3v) is 11.7. The molecule has 0 radical (unpaired) electrons. The van der Waals surface area contributed by atoms with Gasteiger partial charge >= 0.3 is 5.69 Å². The van der Waals surface area contributed by atoms with E-state index in [2.05, 4.69) is 17.0 Å². The predicted molar refractivity (Wildman–Crippen MR) is 141 cm³/mol. The van der Waals surface area contributed by atoms with Gasteiger partial charge in [-0.25, -0.2) is 4.79 Å². The number of carbonyl (C=O) groups is 1. The Kier molecular flexibility index (Phi) is 4.49. The zero-order valence-corrected chi connectivity index (χ0v) is 22.2. The number of nitrogens with zero attached hydrogens (tertiary/aromatic N) is 4. The van der Waals surface area contributed by atoms with E-state index in [1.807, 2.05) is 11.0 Å². The van der Waals surface area contributed by atoms with Crippen molar-refractivity contribution in [2.45, 2.75) is 62.4 Å². The number of rotatable bonds is 3. The maximum Gasteiger partial charge on any atom is 0.330 e. The van der Waals surface area contributed by atoms with Gasteiger partial charge in [-0.15, -0.1) is 0 Å². The lowest BCUT2D eigenvalue weighted by Gasteiger charge is -2.66. The maximum atomic E-state index is 14.0. The van der Waals surface area contributed by atoms with E-state index < -0.39 is 11.2 Å². The molecule has 38 heavy (non-hydrogen) atoms. The topological polar surface area (TPSA) is 87.8 Å². The first-order valence-corrected chi connectivity index (χ1v) is 14.4. The highest BCUT2D eigenvalue weighted by Crippen LogP contribution is 2.75. The van der Waals surface area contributed by atoms with Crippen LogP contribution in [-0.2, 0) is 25.9 Å². The van der Waals surface area contributed by atoms with Crippen molar-refractivity contribution in [2.75, 3.05) is 19.6 Å². The minimum Gasteiger partial charge on any atom is -0.508 e. The van der Waals surface area contributed by atoms with Crippen LogP contribution >= 0.6 is 0 Å². The summed E-state index contributed by atoms with van der Waals surface area (Å²) in [6, 6.07) is 6.66. The van der Waals surface area contributed by atoms with Crippen LogP contribution in [0.4, 0.5) is 0 Å². The molecule has 4 aliphatic carbocycles. The van der Waals surface area contributed by atoms with E-state index >= 15 is 0 Å². The van der Waals surface area contributed by atoms with Crippen LogP contribution in [0.2, 0.25) is 0 Å². The third-order valence-electron chi connectivity index (χ3n) is 11.7. The van der Waals surface area contributed by atoms with Crippen LogP contribution < -0.4 is 11.2 Å². The minimum atomic E-state index is -0.514. The number of phenolic OH excluding ortho intramolecular Hbond substituents is 1. The molecule has 0 spiro atoms. The molecule has 1 N–H and O–H groups in total. The van der Waals surface area contributed by atoms with E-state index in [-0.39, 0.29) is 28.3 Å². The first kappa shape index (κ1) is 23.1. The number of aromatic nitrogens is 2. The van der Waals surface area contributed by atoms with Gasteiger partial charge in [0.1, 0.15) is 11.3 Å². The van der Waals surface area contributed by atoms with Crippen LogP contribution in [0.1, 0.15) is 60.0 Å². The Morgan fingerprint density at radius 2 is 1.95 bits per heavy atom. The summed E-state index contributed by atoms with van der Waals surface area (Å²) in [7, 11) is 3.03. The second kappa shape index (κ2) is 7.40. The summed E-state index contributed by atoms with van der Waals surface area (Å²) in [6.45, 7) is 2.98. The smallest absolute Gasteiger partial charge is 0.330 e. The maximum absolute atomic E-state index is 14.0. The predicted octanol–water partition coefficient (Wildman–Crippen LogP) is 2.01. The molecule has 4 bridgehead atoms. The molecule has 6 atom stereocenters. The average molecular weight is 517 g/mol. The Hall–Kier alpha value is -2.87. The number of hydrogen-bond donors (Lipinski definition) is 1. The lowest BCUT2D eigenvalue weighted by Crippen LogP contribution is -2.70. The lowest BCUT2D eigenvalue weighted by atomic mass is 9.43. The van der Waals surface area contributed by atoms with E-state index in [4.69, 9.17) is 0 Å². The second-order valence-electron chi connectivity index (χ2n) is 13.2. The fraction of sp³-hybridized carbons (Fsp3) is 0.633. The number of piperidine rings is 1. The van der Waals surface area contributed by atoms with Crippen molar-refractivity contribution in [3.8, 4) is 5.75 Å². The Morgan fingerprint density at radius 1 is 1.13 bits per heavy atom. The molecule has 8 heteroatoms. The highest BCUT2D eigenvalue weighted by molar-refractivity contribution is 5.94. The van der Waals surface area contributed by atoms with E-state index in [1.54, 1.807) is 7.05 Å². The Balaban J connectivity index is 1.24. The number of benzene rings is 1. The monoisotopic (exact) mass is 516 g/mol. The van der Waals surface area contributed by atoms with Gasteiger partial charge in [0.2, 0.25) is 0 Å². The van der Waals surface area contributed by atoms with Crippen molar-refractivity contribution in [3.05, 3.63) is 61.9 Å². The molecule has 8 rings (SSSR count). The van der Waals surface area contributed by atoms with Crippen molar-refractivity contribution in [1.29, 1.82) is 0 Å². The molecule has 1 aromatic heterocycles. The Morgan fingerprint density at radius 3 is 2.74 bits per heavy atom. The zero-order valence-electron chi connectivity index (χ0n) is 22.2. The molecule has 0 unspecified atom stereocenters. The second-order valence-corrected chi connectivity index (χ2v) is 13.2. The van der Waals surface area contributed by atoms with E-state index in [9.17, 15) is 19.5 Å². The molecule has 8 nitrogen and oxygen atoms in total. The normalized spacial score (nSPS) is 36.7. The fourth-order valence-electron chi connectivity index (χ4n) is 10.3. The van der Waals surface area contributed by atoms with Crippen molar-refractivity contribution in [2.24, 2.45) is 37.3 Å². The zero-order chi connectivity index (χ0) is 26.1. The van der Waals surface area contributed by atoms with Gasteiger partial charge < -0.3 is 14.6 Å². The van der Waals surface area contributed by atoms with E-state index in [0.29, 0.717) is 30.2 Å². The minimum absolute atomic E-state index is 0.0405. The van der Waals surface area contributed by atoms with Crippen molar-refractivity contribution >= 4 is 5.91 Å². The standard InChI is InChI=1S/C30H36N4O4/c1-31-16-21(26(36)32(2)28(31)38)27(37)34-15-19-13-29-8-7-23(34)25(19)30(29)9-10-33(14-17-3-4-17)24(29)11-18-5-6-20(35)12-22(18)30/h5-6,12,16-17,19,23-25,35H,3-4,7-11,13-15H2,1-2H3/t19-,23-,24-,25-,29-,30+/m1/s1. The largest absolute Gasteiger partial charge is 0.508 e. The average Bonchev–Trinajstić information content (AvgIpc) is 3.59. The van der Waals surface area contributed by atoms with Crippen molar-refractivity contribution in [1.82, 2.24) is 18.9 Å². The van der Waals surface area contributed by atoms with Crippen LogP contribution in [0.3, 0.4) is 0 Å². The highest BCUT2D eigenvalue weighted by Gasteiger charge is 2.76. The summed E-state index contributed by atoms with van der Waals surface area (Å²) in [6.07, 6.45) is 9.45. The highest BCUT2D eigenvalue weighted by atomic mass is 16.3. The quantitative estimate of drug-likeness (QED) is 0.675. The number of likely N-dealkylation sites (tertiary alicyclic amines) is 2. The van der Waals surface area contributed by atoms with E-state index in [0.717, 1.165) is 49.1 Å². The molecule has 2 aromatic rings. The van der Waals surface area contributed by atoms with Crippen molar-refractivity contribution < 1.29 is 9.90 Å². The molecule has 2 aliphatic heterocycles. The van der Waals surface area contributed by atoms with Crippen LogP contribution in [0.25, 0.3) is 0 Å². The summed E-state index contributed by atoms with van der Waals surface area (Å²) in [5.41, 5.74) is 2.01. The number of phenols is 1. The SMILES string of the molecule is Cn1cc(C(=O)N2C[C@H]3C[C@@]45CC[C@@H]2[C@@H]3[C@@]42CCN(CC3CC3)[C@@H]5Cc3ccc(O)cc32)c(=O)n(C)c1=O. The summed E-state index contributed by atoms with van der Waals surface area (Å²) < 4.78 is 2.37. The molecule has 200 valence electrons. The summed E-state index contributed by atoms with van der Waals surface area (Å²) in [4.78, 5) is 44.0. The molecule has 3 saturated carbocycles. The third kappa shape index (κ3) is 2.67. The molecular weight excluding hydrogens is 480 g/mol. The number of hydrogen-bond acceptors (Lipinski definition) is 5. The van der Waals surface area contributed by atoms with Gasteiger partial charge in [0, 0.05) is 50.9 Å². The Labute approximate surface area is 221 Å². The summed E-state index contributed by atoms with van der Waals surface area (Å²) in [5, 5.41) is 10.6. The van der Waals surface area contributed by atoms with Gasteiger partial charge in [0.05, 0.1) is 0 Å². The van der Waals surface area contributed by atoms with Crippen LogP contribution in [-0.4, -0.2) is 61.7 Å². The number of aromatic hydroxyl groups is 1. The molecule has 2 saturated heterocycles. The van der Waals surface area contributed by atoms with Gasteiger partial charge in [-0.1, -0.05) is 6.07 Å². The number of amides is 1. The lowest BCUT2D eigenvalue weighted by molar-refractivity contribution is -0.102. The fourth-order valence-corrected chi connectivity index (χ4v) is 10.3.